The van der Waals surface area contributed by atoms with E-state index in [9.17, 15) is 13.2 Å². The second kappa shape index (κ2) is 4.49. The van der Waals surface area contributed by atoms with Gasteiger partial charge in [0, 0.05) is 0 Å². The lowest BCUT2D eigenvalue weighted by atomic mass is 10.2. The molecule has 98 valence electrons. The van der Waals surface area contributed by atoms with Crippen molar-refractivity contribution in [1.82, 2.24) is 0 Å². The molecule has 1 aromatic rings. The molecule has 1 heterocycles. The van der Waals surface area contributed by atoms with Gasteiger partial charge in [0.2, 0.25) is 0 Å². The van der Waals surface area contributed by atoms with Crippen molar-refractivity contribution in [3.63, 3.8) is 0 Å². The molecule has 2 rings (SSSR count). The van der Waals surface area contributed by atoms with E-state index in [2.05, 4.69) is 0 Å². The van der Waals surface area contributed by atoms with Crippen molar-refractivity contribution in [2.24, 2.45) is 0 Å². The van der Waals surface area contributed by atoms with E-state index < -0.39 is 21.9 Å². The number of hydrogen-bond acceptors (Lipinski definition) is 5. The van der Waals surface area contributed by atoms with Gasteiger partial charge in [-0.3, -0.25) is 0 Å². The average molecular weight is 271 g/mol. The van der Waals surface area contributed by atoms with E-state index in [4.69, 9.17) is 15.6 Å². The number of sulfone groups is 1. The van der Waals surface area contributed by atoms with Crippen LogP contribution in [0.3, 0.4) is 0 Å². The fourth-order valence-corrected chi connectivity index (χ4v) is 3.39. The number of carbonyl (C=O) groups is 1. The molecule has 0 aliphatic carbocycles. The quantitative estimate of drug-likeness (QED) is 0.777. The number of carboxylic acids is 1. The first kappa shape index (κ1) is 12.7. The van der Waals surface area contributed by atoms with Crippen LogP contribution >= 0.6 is 0 Å². The van der Waals surface area contributed by atoms with Crippen LogP contribution in [0.15, 0.2) is 18.2 Å². The van der Waals surface area contributed by atoms with Crippen LogP contribution in [0.1, 0.15) is 16.8 Å². The van der Waals surface area contributed by atoms with Crippen molar-refractivity contribution >= 4 is 21.5 Å². The summed E-state index contributed by atoms with van der Waals surface area (Å²) in [5.74, 6) is -0.823. The number of rotatable bonds is 3. The Morgan fingerprint density at radius 1 is 1.44 bits per heavy atom. The van der Waals surface area contributed by atoms with Gasteiger partial charge in [-0.1, -0.05) is 0 Å². The molecule has 1 unspecified atom stereocenters. The molecule has 1 aliphatic heterocycles. The molecule has 0 saturated carbocycles. The predicted octanol–water partition coefficient (Wildman–Crippen LogP) is 0.533. The van der Waals surface area contributed by atoms with Crippen molar-refractivity contribution in [2.45, 2.75) is 12.5 Å². The van der Waals surface area contributed by atoms with Crippen LogP contribution in [-0.4, -0.2) is 37.1 Å². The summed E-state index contributed by atoms with van der Waals surface area (Å²) in [7, 11) is -3.04. The third-order valence-corrected chi connectivity index (χ3v) is 4.48. The lowest BCUT2D eigenvalue weighted by Gasteiger charge is -2.14. The lowest BCUT2D eigenvalue weighted by molar-refractivity contribution is 0.0696. The molecular formula is C11H13NO5S. The highest BCUT2D eigenvalue weighted by molar-refractivity contribution is 7.91. The maximum absolute atomic E-state index is 11.3. The first-order valence-corrected chi connectivity index (χ1v) is 7.19. The molecule has 1 saturated heterocycles. The maximum Gasteiger partial charge on any atom is 0.335 e. The van der Waals surface area contributed by atoms with E-state index in [1.807, 2.05) is 0 Å². The largest absolute Gasteiger partial charge is 0.487 e. The van der Waals surface area contributed by atoms with Gasteiger partial charge in [0.1, 0.15) is 11.9 Å². The minimum Gasteiger partial charge on any atom is -0.487 e. The standard InChI is InChI=1S/C11H13NO5S/c12-9-2-1-7(11(13)14)5-10(9)17-8-3-4-18(15,16)6-8/h1-2,5,8H,3-4,6,12H2,(H,13,14). The molecular weight excluding hydrogens is 258 g/mol. The Morgan fingerprint density at radius 2 is 2.17 bits per heavy atom. The first-order valence-electron chi connectivity index (χ1n) is 5.37. The van der Waals surface area contributed by atoms with Crippen LogP contribution in [-0.2, 0) is 9.84 Å². The molecule has 0 aromatic heterocycles. The van der Waals surface area contributed by atoms with Gasteiger partial charge in [0.15, 0.2) is 9.84 Å². The summed E-state index contributed by atoms with van der Waals surface area (Å²) in [6.07, 6.45) is -0.0552. The van der Waals surface area contributed by atoms with Crippen molar-refractivity contribution in [3.8, 4) is 5.75 Å². The number of anilines is 1. The second-order valence-electron chi connectivity index (χ2n) is 4.20. The fourth-order valence-electron chi connectivity index (χ4n) is 1.80. The Hall–Kier alpha value is -1.76. The van der Waals surface area contributed by atoms with Gasteiger partial charge in [-0.15, -0.1) is 0 Å². The van der Waals surface area contributed by atoms with E-state index in [0.717, 1.165) is 0 Å². The zero-order valence-corrected chi connectivity index (χ0v) is 10.3. The molecule has 0 spiro atoms. The normalized spacial score (nSPS) is 21.7. The summed E-state index contributed by atoms with van der Waals surface area (Å²) in [5, 5.41) is 8.85. The second-order valence-corrected chi connectivity index (χ2v) is 6.43. The first-order chi connectivity index (χ1) is 8.37. The van der Waals surface area contributed by atoms with Crippen molar-refractivity contribution in [1.29, 1.82) is 0 Å². The summed E-state index contributed by atoms with van der Waals surface area (Å²) in [6.45, 7) is 0. The van der Waals surface area contributed by atoms with Gasteiger partial charge in [-0.25, -0.2) is 13.2 Å². The van der Waals surface area contributed by atoms with Crippen LogP contribution in [0.4, 0.5) is 5.69 Å². The molecule has 7 heteroatoms. The highest BCUT2D eigenvalue weighted by Crippen LogP contribution is 2.26. The number of carboxylic acid groups (broad SMARTS) is 1. The predicted molar refractivity (Wildman–Crippen MR) is 65.5 cm³/mol. The van der Waals surface area contributed by atoms with Gasteiger partial charge in [0.25, 0.3) is 0 Å². The third-order valence-electron chi connectivity index (χ3n) is 2.74. The van der Waals surface area contributed by atoms with Crippen LogP contribution in [0.5, 0.6) is 5.75 Å². The Labute approximate surface area is 104 Å². The molecule has 1 aromatic carbocycles. The van der Waals surface area contributed by atoms with Crippen LogP contribution in [0.25, 0.3) is 0 Å². The number of nitrogens with two attached hydrogens (primary N) is 1. The molecule has 0 radical (unpaired) electrons. The van der Waals surface area contributed by atoms with E-state index in [-0.39, 0.29) is 22.8 Å². The molecule has 0 amide bonds. The molecule has 18 heavy (non-hydrogen) atoms. The lowest BCUT2D eigenvalue weighted by Crippen LogP contribution is -2.18. The Kier molecular flexibility index (Phi) is 3.16. The third kappa shape index (κ3) is 2.73. The maximum atomic E-state index is 11.3. The zero-order valence-electron chi connectivity index (χ0n) is 9.50. The Balaban J connectivity index is 2.19. The fraction of sp³-hybridized carbons (Fsp3) is 0.364. The summed E-state index contributed by atoms with van der Waals surface area (Å²) in [6, 6.07) is 4.11. The number of benzene rings is 1. The van der Waals surface area contributed by atoms with Crippen LogP contribution in [0.2, 0.25) is 0 Å². The van der Waals surface area contributed by atoms with E-state index in [0.29, 0.717) is 12.1 Å². The number of nitrogen functional groups attached to an aromatic ring is 1. The SMILES string of the molecule is Nc1ccc(C(=O)O)cc1OC1CCS(=O)(=O)C1. The summed E-state index contributed by atoms with van der Waals surface area (Å²) < 4.78 is 28.0. The molecule has 6 nitrogen and oxygen atoms in total. The molecule has 1 fully saturated rings. The Morgan fingerprint density at radius 3 is 2.72 bits per heavy atom. The highest BCUT2D eigenvalue weighted by Gasteiger charge is 2.29. The van der Waals surface area contributed by atoms with E-state index >= 15 is 0 Å². The topological polar surface area (TPSA) is 107 Å². The van der Waals surface area contributed by atoms with Gasteiger partial charge in [0.05, 0.1) is 22.8 Å². The molecule has 0 bridgehead atoms. The van der Waals surface area contributed by atoms with Crippen LogP contribution < -0.4 is 10.5 Å². The van der Waals surface area contributed by atoms with E-state index in [1.165, 1.54) is 18.2 Å². The number of aromatic carboxylic acids is 1. The Bertz CT molecular complexity index is 581. The van der Waals surface area contributed by atoms with Crippen molar-refractivity contribution in [3.05, 3.63) is 23.8 Å². The molecule has 1 atom stereocenters. The van der Waals surface area contributed by atoms with Crippen LogP contribution in [0, 0.1) is 0 Å². The zero-order chi connectivity index (χ0) is 13.3. The summed E-state index contributed by atoms with van der Waals surface area (Å²) in [5.41, 5.74) is 6.02. The minimum atomic E-state index is -3.04. The summed E-state index contributed by atoms with van der Waals surface area (Å²) >= 11 is 0. The van der Waals surface area contributed by atoms with Crippen molar-refractivity contribution in [2.75, 3.05) is 17.2 Å². The van der Waals surface area contributed by atoms with Crippen molar-refractivity contribution < 1.29 is 23.1 Å². The van der Waals surface area contributed by atoms with Gasteiger partial charge in [-0.05, 0) is 24.6 Å². The van der Waals surface area contributed by atoms with Gasteiger partial charge in [-0.2, -0.15) is 0 Å². The average Bonchev–Trinajstić information content (AvgIpc) is 2.61. The van der Waals surface area contributed by atoms with Gasteiger partial charge < -0.3 is 15.6 Å². The smallest absolute Gasteiger partial charge is 0.335 e. The minimum absolute atomic E-state index is 0.0518. The van der Waals surface area contributed by atoms with Gasteiger partial charge >= 0.3 is 5.97 Å². The summed E-state index contributed by atoms with van der Waals surface area (Å²) in [4.78, 5) is 10.8. The molecule has 1 aliphatic rings. The highest BCUT2D eigenvalue weighted by atomic mass is 32.2. The van der Waals surface area contributed by atoms with E-state index in [1.54, 1.807) is 0 Å². The monoisotopic (exact) mass is 271 g/mol. The number of hydrogen-bond donors (Lipinski definition) is 2. The molecule has 3 N–H and O–H groups in total. The number of ether oxygens (including phenoxy) is 1.